The summed E-state index contributed by atoms with van der Waals surface area (Å²) in [5, 5.41) is 5.76. The van der Waals surface area contributed by atoms with E-state index in [9.17, 15) is 9.59 Å². The van der Waals surface area contributed by atoms with Crippen LogP contribution in [0.4, 0.5) is 4.79 Å². The Hall–Kier alpha value is -3.06. The number of nitrogens with one attached hydrogen (secondary N) is 2. The van der Waals surface area contributed by atoms with Crippen molar-refractivity contribution in [3.05, 3.63) is 58.8 Å². The third-order valence-corrected chi connectivity index (χ3v) is 4.56. The summed E-state index contributed by atoms with van der Waals surface area (Å²) in [4.78, 5) is 27.9. The maximum Gasteiger partial charge on any atom is 0.408 e. The zero-order valence-corrected chi connectivity index (χ0v) is 20.5. The number of aromatic nitrogens is 1. The van der Waals surface area contributed by atoms with Crippen molar-refractivity contribution in [3.8, 4) is 11.6 Å². The molecule has 0 aliphatic carbocycles. The van der Waals surface area contributed by atoms with E-state index >= 15 is 0 Å². The molecule has 1 heterocycles. The number of aryl methyl sites for hydroxylation is 1. The second-order valence-electron chi connectivity index (χ2n) is 8.62. The maximum absolute atomic E-state index is 12.0. The summed E-state index contributed by atoms with van der Waals surface area (Å²) in [6.07, 6.45) is 6.73. The number of ether oxygens (including phenoxy) is 2. The Labute approximate surface area is 200 Å². The first kappa shape index (κ1) is 26.2. The molecule has 1 aromatic heterocycles. The van der Waals surface area contributed by atoms with Crippen LogP contribution >= 0.6 is 11.6 Å². The molecule has 0 unspecified atom stereocenters. The molecule has 33 heavy (non-hydrogen) atoms. The number of hydrogen-bond acceptors (Lipinski definition) is 5. The van der Waals surface area contributed by atoms with E-state index < -0.39 is 11.7 Å². The fraction of sp³-hybridized carbons (Fsp3) is 0.400. The summed E-state index contributed by atoms with van der Waals surface area (Å²) < 4.78 is 10.9. The zero-order chi connectivity index (χ0) is 24.4. The number of benzene rings is 1. The molecule has 0 fully saturated rings. The molecule has 1 aromatic carbocycles. The van der Waals surface area contributed by atoms with Crippen LogP contribution < -0.4 is 15.4 Å². The van der Waals surface area contributed by atoms with Crippen LogP contribution in [0.15, 0.2) is 42.6 Å². The Morgan fingerprint density at radius 2 is 1.97 bits per heavy atom. The van der Waals surface area contributed by atoms with Crippen molar-refractivity contribution < 1.29 is 19.1 Å². The van der Waals surface area contributed by atoms with Crippen molar-refractivity contribution in [1.82, 2.24) is 15.6 Å². The van der Waals surface area contributed by atoms with Crippen molar-refractivity contribution in [2.75, 3.05) is 6.54 Å². The van der Waals surface area contributed by atoms with Gasteiger partial charge in [-0.1, -0.05) is 43.2 Å². The molecule has 2 amide bonds. The monoisotopic (exact) mass is 473 g/mol. The Balaban J connectivity index is 1.83. The SMILES string of the molecule is CCCc1ccc(Oc2ccc(/C=C/[C@H](C)NC(=O)CNC(=O)OC(C)(C)C)cn2)c(Cl)c1. The van der Waals surface area contributed by atoms with Gasteiger partial charge in [0.2, 0.25) is 11.8 Å². The molecular formula is C25H32ClN3O4. The summed E-state index contributed by atoms with van der Waals surface area (Å²) in [5.41, 5.74) is 1.40. The summed E-state index contributed by atoms with van der Waals surface area (Å²) in [6, 6.07) is 9.14. The van der Waals surface area contributed by atoms with E-state index in [2.05, 4.69) is 22.5 Å². The molecular weight excluding hydrogens is 442 g/mol. The standard InChI is InChI=1S/C25H32ClN3O4/c1-6-7-18-10-12-21(20(26)14-18)32-23-13-11-19(15-27-23)9-8-17(2)29-22(30)16-28-24(31)33-25(3,4)5/h8-15,17H,6-7,16H2,1-5H3,(H,28,31)(H,29,30)/b9-8+/t17-/m0/s1. The molecule has 0 saturated carbocycles. The summed E-state index contributed by atoms with van der Waals surface area (Å²) in [7, 11) is 0. The average Bonchev–Trinajstić information content (AvgIpc) is 2.73. The lowest BCUT2D eigenvalue weighted by molar-refractivity contribution is -0.120. The first-order valence-electron chi connectivity index (χ1n) is 10.9. The van der Waals surface area contributed by atoms with Gasteiger partial charge in [0.15, 0.2) is 0 Å². The van der Waals surface area contributed by atoms with E-state index in [4.69, 9.17) is 21.1 Å². The highest BCUT2D eigenvalue weighted by molar-refractivity contribution is 6.32. The van der Waals surface area contributed by atoms with Crippen molar-refractivity contribution in [1.29, 1.82) is 0 Å². The van der Waals surface area contributed by atoms with Crippen LogP contribution in [0, 0.1) is 0 Å². The number of nitrogens with zero attached hydrogens (tertiary/aromatic N) is 1. The van der Waals surface area contributed by atoms with Gasteiger partial charge >= 0.3 is 6.09 Å². The van der Waals surface area contributed by atoms with Gasteiger partial charge in [-0.3, -0.25) is 4.79 Å². The van der Waals surface area contributed by atoms with Crippen LogP contribution in [0.25, 0.3) is 6.08 Å². The number of carbonyl (C=O) groups excluding carboxylic acids is 2. The third kappa shape index (κ3) is 9.95. The summed E-state index contributed by atoms with van der Waals surface area (Å²) in [5.74, 6) is 0.678. The molecule has 7 nitrogen and oxygen atoms in total. The van der Waals surface area contributed by atoms with E-state index in [1.165, 1.54) is 5.56 Å². The molecule has 2 N–H and O–H groups in total. The number of halogens is 1. The van der Waals surface area contributed by atoms with Crippen LogP contribution in [0.1, 0.15) is 52.2 Å². The van der Waals surface area contributed by atoms with Crippen LogP contribution in [-0.4, -0.2) is 35.2 Å². The Morgan fingerprint density at radius 1 is 1.21 bits per heavy atom. The third-order valence-electron chi connectivity index (χ3n) is 4.27. The second kappa shape index (κ2) is 12.3. The molecule has 0 bridgehead atoms. The van der Waals surface area contributed by atoms with Crippen molar-refractivity contribution in [2.24, 2.45) is 0 Å². The number of hydrogen-bond donors (Lipinski definition) is 2. The highest BCUT2D eigenvalue weighted by Gasteiger charge is 2.16. The minimum absolute atomic E-state index is 0.164. The van der Waals surface area contributed by atoms with Gasteiger partial charge in [0, 0.05) is 18.3 Å². The van der Waals surface area contributed by atoms with Crippen LogP contribution in [0.2, 0.25) is 5.02 Å². The smallest absolute Gasteiger partial charge is 0.408 e. The average molecular weight is 474 g/mol. The van der Waals surface area contributed by atoms with Crippen molar-refractivity contribution in [2.45, 2.75) is 59.1 Å². The lowest BCUT2D eigenvalue weighted by atomic mass is 10.1. The molecule has 1 atom stereocenters. The van der Waals surface area contributed by atoms with Gasteiger partial charge in [0.25, 0.3) is 0 Å². The highest BCUT2D eigenvalue weighted by Crippen LogP contribution is 2.29. The maximum atomic E-state index is 12.0. The first-order chi connectivity index (χ1) is 15.6. The molecule has 2 rings (SSSR count). The van der Waals surface area contributed by atoms with Crippen LogP contribution in [-0.2, 0) is 16.0 Å². The minimum atomic E-state index is -0.632. The Morgan fingerprint density at radius 3 is 2.58 bits per heavy atom. The van der Waals surface area contributed by atoms with Gasteiger partial charge in [-0.2, -0.15) is 0 Å². The van der Waals surface area contributed by atoms with Gasteiger partial charge in [-0.05, 0) is 63.4 Å². The predicted molar refractivity (Wildman–Crippen MR) is 131 cm³/mol. The molecule has 0 saturated heterocycles. The van der Waals surface area contributed by atoms with Gasteiger partial charge in [0.05, 0.1) is 5.02 Å². The van der Waals surface area contributed by atoms with E-state index in [0.717, 1.165) is 18.4 Å². The molecule has 2 aromatic rings. The topological polar surface area (TPSA) is 89.6 Å². The normalized spacial score (nSPS) is 12.3. The molecule has 8 heteroatoms. The molecule has 178 valence electrons. The van der Waals surface area contributed by atoms with Crippen molar-refractivity contribution in [3.63, 3.8) is 0 Å². The number of carbonyl (C=O) groups is 2. The molecule has 0 radical (unpaired) electrons. The summed E-state index contributed by atoms with van der Waals surface area (Å²) >= 11 is 6.31. The zero-order valence-electron chi connectivity index (χ0n) is 19.8. The fourth-order valence-electron chi connectivity index (χ4n) is 2.81. The van der Waals surface area contributed by atoms with Gasteiger partial charge in [-0.15, -0.1) is 0 Å². The minimum Gasteiger partial charge on any atom is -0.444 e. The Bertz CT molecular complexity index is 969. The summed E-state index contributed by atoms with van der Waals surface area (Å²) in [6.45, 7) is 9.06. The highest BCUT2D eigenvalue weighted by atomic mass is 35.5. The van der Waals surface area contributed by atoms with Gasteiger partial charge in [0.1, 0.15) is 17.9 Å². The largest absolute Gasteiger partial charge is 0.444 e. The number of alkyl carbamates (subject to hydrolysis) is 1. The molecule has 0 aliphatic rings. The number of rotatable bonds is 9. The quantitative estimate of drug-likeness (QED) is 0.500. The fourth-order valence-corrected chi connectivity index (χ4v) is 3.05. The van der Waals surface area contributed by atoms with Crippen LogP contribution in [0.5, 0.6) is 11.6 Å². The lowest BCUT2D eigenvalue weighted by Crippen LogP contribution is -2.41. The van der Waals surface area contributed by atoms with Crippen molar-refractivity contribution >= 4 is 29.7 Å². The molecule has 0 aliphatic heterocycles. The van der Waals surface area contributed by atoms with Crippen LogP contribution in [0.3, 0.4) is 0 Å². The number of amides is 2. The van der Waals surface area contributed by atoms with E-state index in [0.29, 0.717) is 16.7 Å². The molecule has 0 spiro atoms. The van der Waals surface area contributed by atoms with E-state index in [1.54, 1.807) is 33.0 Å². The second-order valence-corrected chi connectivity index (χ2v) is 9.02. The van der Waals surface area contributed by atoms with E-state index in [1.807, 2.05) is 43.3 Å². The number of pyridine rings is 1. The first-order valence-corrected chi connectivity index (χ1v) is 11.3. The van der Waals surface area contributed by atoms with E-state index in [-0.39, 0.29) is 18.5 Å². The lowest BCUT2D eigenvalue weighted by Gasteiger charge is -2.19. The van der Waals surface area contributed by atoms with Gasteiger partial charge in [-0.25, -0.2) is 9.78 Å². The van der Waals surface area contributed by atoms with Gasteiger partial charge < -0.3 is 20.1 Å². The Kier molecular flexibility index (Phi) is 9.73. The predicted octanol–water partition coefficient (Wildman–Crippen LogP) is 5.52.